The molecule has 2 aliphatic rings. The Morgan fingerprint density at radius 2 is 1.87 bits per heavy atom. The van der Waals surface area contributed by atoms with Gasteiger partial charge in [-0.25, -0.2) is 4.98 Å². The van der Waals surface area contributed by atoms with Crippen LogP contribution >= 0.6 is 0 Å². The molecule has 1 unspecified atom stereocenters. The largest absolute Gasteiger partial charge is 0.340 e. The lowest BCUT2D eigenvalue weighted by molar-refractivity contribution is -0.133. The number of fused-ring (bicyclic) bond motifs is 2. The molecule has 160 valence electrons. The molecule has 4 heterocycles. The smallest absolute Gasteiger partial charge is 0.227 e. The molecular formula is C24H27N5O2. The molecule has 0 saturated carbocycles. The average Bonchev–Trinajstić information content (AvgIpc) is 3.20. The van der Waals surface area contributed by atoms with Gasteiger partial charge in [-0.2, -0.15) is 0 Å². The molecule has 1 aromatic carbocycles. The number of nitrogens with zero attached hydrogens (tertiary/aromatic N) is 4. The molecule has 0 bridgehead atoms. The Hall–Kier alpha value is -3.19. The normalized spacial score (nSPS) is 19.3. The lowest BCUT2D eigenvalue weighted by Gasteiger charge is -2.34. The highest BCUT2D eigenvalue weighted by atomic mass is 16.2. The Morgan fingerprint density at radius 3 is 2.71 bits per heavy atom. The first kappa shape index (κ1) is 19.8. The maximum atomic E-state index is 12.7. The van der Waals surface area contributed by atoms with Crippen molar-refractivity contribution in [2.75, 3.05) is 31.5 Å². The van der Waals surface area contributed by atoms with Gasteiger partial charge in [0.2, 0.25) is 11.8 Å². The van der Waals surface area contributed by atoms with E-state index in [1.54, 1.807) is 0 Å². The lowest BCUT2D eigenvalue weighted by Crippen LogP contribution is -2.48. The van der Waals surface area contributed by atoms with Crippen molar-refractivity contribution in [3.8, 4) is 0 Å². The van der Waals surface area contributed by atoms with Crippen molar-refractivity contribution in [2.45, 2.75) is 25.8 Å². The van der Waals surface area contributed by atoms with Crippen LogP contribution in [0.4, 0.5) is 5.69 Å². The molecule has 2 aromatic heterocycles. The van der Waals surface area contributed by atoms with E-state index in [9.17, 15) is 9.59 Å². The van der Waals surface area contributed by atoms with Crippen LogP contribution in [0.1, 0.15) is 24.1 Å². The molecule has 3 aromatic rings. The summed E-state index contributed by atoms with van der Waals surface area (Å²) < 4.78 is 2.04. The number of piperazine rings is 1. The number of imidazole rings is 1. The van der Waals surface area contributed by atoms with E-state index >= 15 is 0 Å². The van der Waals surface area contributed by atoms with Gasteiger partial charge in [0.05, 0.1) is 5.69 Å². The highest BCUT2D eigenvalue weighted by molar-refractivity contribution is 5.96. The summed E-state index contributed by atoms with van der Waals surface area (Å²) in [7, 11) is 0. The summed E-state index contributed by atoms with van der Waals surface area (Å²) in [6, 6.07) is 13.9. The summed E-state index contributed by atoms with van der Waals surface area (Å²) in [6.45, 7) is 3.94. The van der Waals surface area contributed by atoms with E-state index in [1.165, 1.54) is 0 Å². The predicted molar refractivity (Wildman–Crippen MR) is 119 cm³/mol. The second-order valence-electron chi connectivity index (χ2n) is 8.44. The van der Waals surface area contributed by atoms with Crippen LogP contribution < -0.4 is 5.32 Å². The van der Waals surface area contributed by atoms with Crippen molar-refractivity contribution >= 4 is 23.1 Å². The van der Waals surface area contributed by atoms with Crippen LogP contribution in [0, 0.1) is 5.92 Å². The second kappa shape index (κ2) is 8.51. The molecule has 0 radical (unpaired) electrons. The first-order valence-electron chi connectivity index (χ1n) is 11.0. The highest BCUT2D eigenvalue weighted by Crippen LogP contribution is 2.27. The van der Waals surface area contributed by atoms with Crippen LogP contribution in [0.2, 0.25) is 0 Å². The number of carbonyl (C=O) groups excluding carboxylic acids is 2. The first-order chi connectivity index (χ1) is 15.2. The number of hydrogen-bond donors (Lipinski definition) is 1. The Morgan fingerprint density at radius 1 is 1.06 bits per heavy atom. The van der Waals surface area contributed by atoms with Gasteiger partial charge in [0.1, 0.15) is 5.65 Å². The van der Waals surface area contributed by atoms with E-state index in [2.05, 4.69) is 21.4 Å². The Kier molecular flexibility index (Phi) is 5.42. The number of amides is 2. The number of anilines is 1. The van der Waals surface area contributed by atoms with Gasteiger partial charge in [-0.1, -0.05) is 24.3 Å². The molecule has 1 fully saturated rings. The third-order valence-electron chi connectivity index (χ3n) is 6.34. The topological polar surface area (TPSA) is 70.0 Å². The molecular weight excluding hydrogens is 390 g/mol. The maximum Gasteiger partial charge on any atom is 0.227 e. The SMILES string of the molecule is O=C1Nc2ccccc2CC1CCC(=O)N1CCN(Cc2cn3ccccc3n2)CC1. The fourth-order valence-corrected chi connectivity index (χ4v) is 4.55. The minimum absolute atomic E-state index is 0.0313. The van der Waals surface area contributed by atoms with Crippen molar-refractivity contribution in [1.29, 1.82) is 0 Å². The second-order valence-corrected chi connectivity index (χ2v) is 8.44. The Balaban J connectivity index is 1.10. The van der Waals surface area contributed by atoms with Crippen LogP contribution in [0.15, 0.2) is 54.9 Å². The zero-order chi connectivity index (χ0) is 21.2. The molecule has 2 amide bonds. The Bertz CT molecular complexity index is 1070. The summed E-state index contributed by atoms with van der Waals surface area (Å²) in [4.78, 5) is 34.1. The quantitative estimate of drug-likeness (QED) is 0.693. The van der Waals surface area contributed by atoms with Gasteiger partial charge < -0.3 is 14.6 Å². The van der Waals surface area contributed by atoms with E-state index in [0.717, 1.165) is 55.3 Å². The third-order valence-corrected chi connectivity index (χ3v) is 6.34. The van der Waals surface area contributed by atoms with Crippen LogP contribution in [0.25, 0.3) is 5.65 Å². The number of rotatable bonds is 5. The van der Waals surface area contributed by atoms with E-state index in [-0.39, 0.29) is 17.7 Å². The molecule has 0 aliphatic carbocycles. The fraction of sp³-hybridized carbons (Fsp3) is 0.375. The van der Waals surface area contributed by atoms with Crippen LogP contribution in [0.3, 0.4) is 0 Å². The van der Waals surface area contributed by atoms with E-state index in [4.69, 9.17) is 0 Å². The van der Waals surface area contributed by atoms with Crippen molar-refractivity contribution in [1.82, 2.24) is 19.2 Å². The molecule has 5 rings (SSSR count). The van der Waals surface area contributed by atoms with Gasteiger partial charge >= 0.3 is 0 Å². The number of aromatic nitrogens is 2. The van der Waals surface area contributed by atoms with Crippen molar-refractivity contribution in [2.24, 2.45) is 5.92 Å². The molecule has 0 spiro atoms. The third kappa shape index (κ3) is 4.32. The van der Waals surface area contributed by atoms with E-state index < -0.39 is 0 Å². The van der Waals surface area contributed by atoms with E-state index in [1.807, 2.05) is 58.0 Å². The highest BCUT2D eigenvalue weighted by Gasteiger charge is 2.28. The van der Waals surface area contributed by atoms with Crippen LogP contribution in [0.5, 0.6) is 0 Å². The molecule has 7 heteroatoms. The van der Waals surface area contributed by atoms with Gasteiger partial charge in [-0.15, -0.1) is 0 Å². The van der Waals surface area contributed by atoms with Crippen LogP contribution in [-0.4, -0.2) is 57.2 Å². The first-order valence-corrected chi connectivity index (χ1v) is 11.0. The van der Waals surface area contributed by atoms with Gasteiger partial charge in [0, 0.05) is 63.1 Å². The summed E-state index contributed by atoms with van der Waals surface area (Å²) in [6.07, 6.45) is 5.81. The van der Waals surface area contributed by atoms with Gasteiger partial charge in [-0.3, -0.25) is 14.5 Å². The van der Waals surface area contributed by atoms with Crippen molar-refractivity contribution in [3.63, 3.8) is 0 Å². The minimum atomic E-state index is -0.129. The molecule has 31 heavy (non-hydrogen) atoms. The van der Waals surface area contributed by atoms with Crippen molar-refractivity contribution < 1.29 is 9.59 Å². The molecule has 7 nitrogen and oxygen atoms in total. The number of carbonyl (C=O) groups is 2. The summed E-state index contributed by atoms with van der Waals surface area (Å²) in [5.74, 6) is 0.0537. The number of pyridine rings is 1. The number of para-hydroxylation sites is 1. The maximum absolute atomic E-state index is 12.7. The minimum Gasteiger partial charge on any atom is -0.340 e. The van der Waals surface area contributed by atoms with Gasteiger partial charge in [-0.05, 0) is 36.6 Å². The number of benzene rings is 1. The van der Waals surface area contributed by atoms with Crippen LogP contribution in [-0.2, 0) is 22.6 Å². The Labute approximate surface area is 181 Å². The summed E-state index contributed by atoms with van der Waals surface area (Å²) in [5.41, 5.74) is 4.06. The average molecular weight is 418 g/mol. The zero-order valence-electron chi connectivity index (χ0n) is 17.5. The lowest BCUT2D eigenvalue weighted by atomic mass is 9.89. The molecule has 1 atom stereocenters. The summed E-state index contributed by atoms with van der Waals surface area (Å²) in [5, 5.41) is 2.97. The molecule has 2 aliphatic heterocycles. The monoisotopic (exact) mass is 417 g/mol. The molecule has 1 N–H and O–H groups in total. The van der Waals surface area contributed by atoms with Crippen molar-refractivity contribution in [3.05, 3.63) is 66.1 Å². The zero-order valence-corrected chi connectivity index (χ0v) is 17.5. The summed E-state index contributed by atoms with van der Waals surface area (Å²) >= 11 is 0. The number of hydrogen-bond acceptors (Lipinski definition) is 4. The van der Waals surface area contributed by atoms with Gasteiger partial charge in [0.25, 0.3) is 0 Å². The van der Waals surface area contributed by atoms with E-state index in [0.29, 0.717) is 19.3 Å². The number of nitrogens with one attached hydrogen (secondary N) is 1. The molecule has 1 saturated heterocycles. The fourth-order valence-electron chi connectivity index (χ4n) is 4.55. The predicted octanol–water partition coefficient (Wildman–Crippen LogP) is 2.57. The standard InChI is InChI=1S/C24H27N5O2/c30-23(9-8-19-15-18-5-1-2-6-21(18)26-24(19)31)28-13-11-27(12-14-28)16-20-17-29-10-4-3-7-22(29)25-20/h1-7,10,17,19H,8-9,11-16H2,(H,26,31). The van der Waals surface area contributed by atoms with Gasteiger partial charge in [0.15, 0.2) is 0 Å².